The minimum atomic E-state index is -0.801. The Morgan fingerprint density at radius 3 is 2.48 bits per heavy atom. The lowest BCUT2D eigenvalue weighted by atomic mass is 9.41. The number of allylic oxidation sites excluding steroid dienone is 3. The first kappa shape index (κ1) is 24.7. The molecule has 4 aliphatic carbocycles. The van der Waals surface area contributed by atoms with Crippen LogP contribution in [0.1, 0.15) is 106 Å². The van der Waals surface area contributed by atoms with E-state index >= 15 is 0 Å². The highest BCUT2D eigenvalue weighted by molar-refractivity contribution is 5.86. The maximum absolute atomic E-state index is 12.8. The second kappa shape index (κ2) is 8.09. The van der Waals surface area contributed by atoms with E-state index < -0.39 is 5.97 Å². The van der Waals surface area contributed by atoms with Gasteiger partial charge in [0, 0.05) is 17.4 Å². The maximum atomic E-state index is 12.8. The van der Waals surface area contributed by atoms with E-state index in [0.717, 1.165) is 32.1 Å². The van der Waals surface area contributed by atoms with Gasteiger partial charge in [-0.15, -0.1) is 0 Å². The molecule has 0 aliphatic heterocycles. The number of carboxylic acid groups (broad SMARTS) is 1. The normalized spacial score (nSPS) is 43.2. The number of fused-ring (bicyclic) bond motifs is 5. The minimum absolute atomic E-state index is 0.174. The van der Waals surface area contributed by atoms with Crippen LogP contribution in [0.5, 0.6) is 0 Å². The average molecular weight is 455 g/mol. The molecule has 0 aromatic rings. The van der Waals surface area contributed by atoms with Crippen molar-refractivity contribution < 1.29 is 14.7 Å². The number of carbonyl (C=O) groups is 2. The number of carboxylic acids is 1. The van der Waals surface area contributed by atoms with Crippen molar-refractivity contribution in [3.63, 3.8) is 0 Å². The Hall–Kier alpha value is -1.38. The molecule has 7 atom stereocenters. The second-order valence-electron chi connectivity index (χ2n) is 13.3. The Morgan fingerprint density at radius 1 is 1.12 bits per heavy atom. The van der Waals surface area contributed by atoms with Crippen molar-refractivity contribution in [3.05, 3.63) is 23.3 Å². The fraction of sp³-hybridized carbons (Fsp3) is 0.800. The third-order valence-electron chi connectivity index (χ3n) is 11.7. The van der Waals surface area contributed by atoms with Crippen molar-refractivity contribution in [3.8, 4) is 0 Å². The highest BCUT2D eigenvalue weighted by Crippen LogP contribution is 2.72. The molecule has 33 heavy (non-hydrogen) atoms. The van der Waals surface area contributed by atoms with E-state index in [0.29, 0.717) is 45.9 Å². The Kier molecular flexibility index (Phi) is 6.07. The zero-order valence-electron chi connectivity index (χ0n) is 22.1. The van der Waals surface area contributed by atoms with Crippen molar-refractivity contribution in [2.24, 2.45) is 45.3 Å². The summed E-state index contributed by atoms with van der Waals surface area (Å²) in [6.45, 7) is 16.2. The fourth-order valence-electron chi connectivity index (χ4n) is 9.33. The van der Waals surface area contributed by atoms with Gasteiger partial charge in [-0.3, -0.25) is 4.79 Å². The first-order valence-corrected chi connectivity index (χ1v) is 13.4. The summed E-state index contributed by atoms with van der Waals surface area (Å²) in [5.41, 5.74) is 2.77. The molecule has 3 nitrogen and oxygen atoms in total. The molecule has 0 radical (unpaired) electrons. The first-order valence-electron chi connectivity index (χ1n) is 13.4. The molecule has 3 heteroatoms. The van der Waals surface area contributed by atoms with Crippen LogP contribution in [-0.2, 0) is 9.59 Å². The number of carbonyl (C=O) groups excluding carboxylic acids is 1. The Balaban J connectivity index is 1.59. The van der Waals surface area contributed by atoms with Crippen molar-refractivity contribution in [1.82, 2.24) is 0 Å². The quantitative estimate of drug-likeness (QED) is 0.343. The van der Waals surface area contributed by atoms with Gasteiger partial charge in [-0.1, -0.05) is 59.3 Å². The van der Waals surface area contributed by atoms with Gasteiger partial charge in [-0.05, 0) is 98.2 Å². The van der Waals surface area contributed by atoms with E-state index in [-0.39, 0.29) is 10.8 Å². The van der Waals surface area contributed by atoms with Crippen molar-refractivity contribution >= 4 is 11.8 Å². The van der Waals surface area contributed by atoms with Gasteiger partial charge in [0.1, 0.15) is 5.78 Å². The molecule has 0 amide bonds. The molecule has 3 saturated carbocycles. The first-order chi connectivity index (χ1) is 15.3. The Bertz CT molecular complexity index is 894. The van der Waals surface area contributed by atoms with E-state index in [1.165, 1.54) is 25.7 Å². The molecular formula is C30H46O3. The number of hydrogen-bond donors (Lipinski definition) is 1. The number of ketones is 1. The van der Waals surface area contributed by atoms with Gasteiger partial charge < -0.3 is 5.11 Å². The van der Waals surface area contributed by atoms with Crippen LogP contribution < -0.4 is 0 Å². The molecule has 0 aromatic carbocycles. The molecule has 0 saturated heterocycles. The summed E-state index contributed by atoms with van der Waals surface area (Å²) in [5, 5.41) is 9.15. The third kappa shape index (κ3) is 3.50. The van der Waals surface area contributed by atoms with Crippen molar-refractivity contribution in [2.45, 2.75) is 106 Å². The lowest BCUT2D eigenvalue weighted by molar-refractivity contribution is -0.142. The molecule has 0 aromatic heterocycles. The van der Waals surface area contributed by atoms with Crippen LogP contribution in [0.15, 0.2) is 23.3 Å². The highest BCUT2D eigenvalue weighted by Gasteiger charge is 2.65. The van der Waals surface area contributed by atoms with Crippen molar-refractivity contribution in [2.75, 3.05) is 0 Å². The summed E-state index contributed by atoms with van der Waals surface area (Å²) in [6.07, 6.45) is 14.4. The molecule has 4 rings (SSSR count). The molecule has 0 unspecified atom stereocenters. The number of Topliss-reactive ketones (excluding diaryl/α,β-unsaturated/α-hetero) is 1. The molecule has 0 spiro atoms. The average Bonchev–Trinajstić information content (AvgIpc) is 3.02. The topological polar surface area (TPSA) is 54.4 Å². The number of rotatable bonds is 5. The van der Waals surface area contributed by atoms with Gasteiger partial charge in [0.25, 0.3) is 0 Å². The largest absolute Gasteiger partial charge is 0.478 e. The van der Waals surface area contributed by atoms with Crippen LogP contribution in [0.3, 0.4) is 0 Å². The highest BCUT2D eigenvalue weighted by atomic mass is 16.4. The molecule has 0 heterocycles. The van der Waals surface area contributed by atoms with Gasteiger partial charge >= 0.3 is 5.97 Å². The monoisotopic (exact) mass is 454 g/mol. The summed E-state index contributed by atoms with van der Waals surface area (Å²) in [7, 11) is 0. The van der Waals surface area contributed by atoms with Crippen LogP contribution in [0.4, 0.5) is 0 Å². The van der Waals surface area contributed by atoms with Crippen LogP contribution >= 0.6 is 0 Å². The Morgan fingerprint density at radius 2 is 1.82 bits per heavy atom. The lowest BCUT2D eigenvalue weighted by Gasteiger charge is -2.63. The van der Waals surface area contributed by atoms with Gasteiger partial charge in [0.15, 0.2) is 0 Å². The van der Waals surface area contributed by atoms with Crippen LogP contribution in [0.25, 0.3) is 0 Å². The second-order valence-corrected chi connectivity index (χ2v) is 13.3. The van der Waals surface area contributed by atoms with Crippen molar-refractivity contribution in [1.29, 1.82) is 0 Å². The summed E-state index contributed by atoms with van der Waals surface area (Å²) < 4.78 is 0. The van der Waals surface area contributed by atoms with Gasteiger partial charge in [-0.2, -0.15) is 0 Å². The summed E-state index contributed by atoms with van der Waals surface area (Å²) in [6, 6.07) is 0. The predicted molar refractivity (Wildman–Crippen MR) is 134 cm³/mol. The maximum Gasteiger partial charge on any atom is 0.330 e. The summed E-state index contributed by atoms with van der Waals surface area (Å²) >= 11 is 0. The molecule has 0 bridgehead atoms. The zero-order valence-corrected chi connectivity index (χ0v) is 22.1. The van der Waals surface area contributed by atoms with Gasteiger partial charge in [0.2, 0.25) is 0 Å². The number of hydrogen-bond acceptors (Lipinski definition) is 2. The summed E-state index contributed by atoms with van der Waals surface area (Å²) in [5.74, 6) is 2.08. The van der Waals surface area contributed by atoms with E-state index in [9.17, 15) is 9.59 Å². The van der Waals surface area contributed by atoms with Gasteiger partial charge in [0.05, 0.1) is 0 Å². The lowest BCUT2D eigenvalue weighted by Crippen LogP contribution is -2.56. The standard InChI is InChI=1S/C30H46O3/c1-19(9-8-10-20(2)26(32)33)21-13-17-30(7)23-11-12-24-27(3,4)25(31)15-16-28(24,5)22(23)14-18-29(21,30)6/h10,14,19,21,23-24H,8-9,11-13,15-18H2,1-7H3,(H,32,33)/b20-10+/t19-,21-,23-,24+,28-,29-,30+/m1/s1. The van der Waals surface area contributed by atoms with Crippen LogP contribution in [-0.4, -0.2) is 16.9 Å². The van der Waals surface area contributed by atoms with E-state index in [2.05, 4.69) is 47.6 Å². The number of aliphatic carboxylic acids is 1. The minimum Gasteiger partial charge on any atom is -0.478 e. The summed E-state index contributed by atoms with van der Waals surface area (Å²) in [4.78, 5) is 23.9. The van der Waals surface area contributed by atoms with E-state index in [1.54, 1.807) is 12.5 Å². The zero-order chi connectivity index (χ0) is 24.4. The molecular weight excluding hydrogens is 408 g/mol. The molecule has 1 N–H and O–H groups in total. The fourth-order valence-corrected chi connectivity index (χ4v) is 9.33. The SMILES string of the molecule is C/C(=C\CC[C@@H](C)[C@H]1CC[C@@]2(C)[C@@H]3CC[C@H]4C(C)(C)C(=O)CC[C@]4(C)C3=CC[C@]12C)C(=O)O. The molecule has 184 valence electrons. The predicted octanol–water partition coefficient (Wildman–Crippen LogP) is 7.61. The van der Waals surface area contributed by atoms with E-state index in [1.807, 2.05) is 6.08 Å². The van der Waals surface area contributed by atoms with Gasteiger partial charge in [-0.25, -0.2) is 4.79 Å². The smallest absolute Gasteiger partial charge is 0.330 e. The molecule has 4 aliphatic rings. The van der Waals surface area contributed by atoms with E-state index in [4.69, 9.17) is 5.11 Å². The molecule has 3 fully saturated rings. The Labute approximate surface area is 201 Å². The third-order valence-corrected chi connectivity index (χ3v) is 11.7. The van der Waals surface area contributed by atoms with Crippen LogP contribution in [0, 0.1) is 45.3 Å². The van der Waals surface area contributed by atoms with Crippen LogP contribution in [0.2, 0.25) is 0 Å².